The third-order valence-electron chi connectivity index (χ3n) is 4.46. The maximum absolute atomic E-state index is 12.2. The van der Waals surface area contributed by atoms with E-state index < -0.39 is 0 Å². The van der Waals surface area contributed by atoms with Crippen LogP contribution < -0.4 is 0 Å². The Bertz CT molecular complexity index is 512. The van der Waals surface area contributed by atoms with Crippen LogP contribution in [0.2, 0.25) is 0 Å². The monoisotopic (exact) mass is 256 g/mol. The van der Waals surface area contributed by atoms with Crippen LogP contribution in [0, 0.1) is 20.8 Å². The molecule has 0 aromatic heterocycles. The highest BCUT2D eigenvalue weighted by Gasteiger charge is 2.17. The molecule has 1 aromatic carbocycles. The van der Waals surface area contributed by atoms with Gasteiger partial charge in [0.05, 0.1) is 0 Å². The minimum Gasteiger partial charge on any atom is -0.295 e. The molecule has 1 aliphatic rings. The summed E-state index contributed by atoms with van der Waals surface area (Å²) in [5.74, 6) is 0.367. The number of carbonyl (C=O) groups is 1. The second-order valence-corrected chi connectivity index (χ2v) is 5.89. The van der Waals surface area contributed by atoms with Crippen LogP contribution >= 0.6 is 0 Å². The van der Waals surface area contributed by atoms with Crippen molar-refractivity contribution in [2.24, 2.45) is 0 Å². The van der Waals surface area contributed by atoms with Crippen molar-refractivity contribution < 1.29 is 4.79 Å². The first-order valence-electron chi connectivity index (χ1n) is 7.27. The number of Topliss-reactive ketones (excluding diaryl/α,β-unsaturated/α-hetero) is 1. The van der Waals surface area contributed by atoms with E-state index in [9.17, 15) is 4.79 Å². The zero-order valence-electron chi connectivity index (χ0n) is 12.6. The fraction of sp³-hybridized carbons (Fsp3) is 0.500. The summed E-state index contributed by atoms with van der Waals surface area (Å²) in [6.45, 7) is 8.57. The van der Waals surface area contributed by atoms with Gasteiger partial charge >= 0.3 is 0 Å². The highest BCUT2D eigenvalue weighted by molar-refractivity contribution is 5.96. The minimum atomic E-state index is 0.367. The third kappa shape index (κ3) is 3.15. The van der Waals surface area contributed by atoms with Crippen LogP contribution in [0.1, 0.15) is 54.9 Å². The maximum atomic E-state index is 12.2. The molecule has 1 nitrogen and oxygen atoms in total. The molecule has 0 amide bonds. The van der Waals surface area contributed by atoms with Gasteiger partial charge in [0.15, 0.2) is 5.78 Å². The lowest BCUT2D eigenvalue weighted by atomic mass is 9.96. The fourth-order valence-electron chi connectivity index (χ4n) is 2.95. The van der Waals surface area contributed by atoms with Gasteiger partial charge in [0.2, 0.25) is 0 Å². The smallest absolute Gasteiger partial charge is 0.159 e. The van der Waals surface area contributed by atoms with Gasteiger partial charge in [0, 0.05) is 6.42 Å². The standard InChI is InChI=1S/C18H24O/c1-12-6-5-7-17(12)18(19)9-8-16-10-13(2)15(4)14(3)11-16/h10-11H,5-9H2,1-4H3. The molecule has 0 heterocycles. The molecule has 19 heavy (non-hydrogen) atoms. The number of allylic oxidation sites excluding steroid dienone is 2. The van der Waals surface area contributed by atoms with Crippen molar-refractivity contribution in [1.29, 1.82) is 0 Å². The molecule has 1 aromatic rings. The lowest BCUT2D eigenvalue weighted by Gasteiger charge is -2.09. The van der Waals surface area contributed by atoms with E-state index in [0.717, 1.165) is 31.3 Å². The average Bonchev–Trinajstić information content (AvgIpc) is 2.79. The summed E-state index contributed by atoms with van der Waals surface area (Å²) < 4.78 is 0. The lowest BCUT2D eigenvalue weighted by molar-refractivity contribution is -0.115. The van der Waals surface area contributed by atoms with E-state index in [2.05, 4.69) is 39.8 Å². The molecule has 0 saturated carbocycles. The molecule has 0 saturated heterocycles. The Morgan fingerprint density at radius 2 is 1.68 bits per heavy atom. The van der Waals surface area contributed by atoms with E-state index in [1.807, 2.05) is 0 Å². The molecule has 0 unspecified atom stereocenters. The van der Waals surface area contributed by atoms with Crippen LogP contribution in [0.25, 0.3) is 0 Å². The number of carbonyl (C=O) groups excluding carboxylic acids is 1. The SMILES string of the molecule is CC1=C(C(=O)CCc2cc(C)c(C)c(C)c2)CCC1. The average molecular weight is 256 g/mol. The first-order chi connectivity index (χ1) is 8.99. The zero-order chi connectivity index (χ0) is 14.0. The van der Waals surface area contributed by atoms with Gasteiger partial charge in [0.1, 0.15) is 0 Å². The number of rotatable bonds is 4. The molecular weight excluding hydrogens is 232 g/mol. The highest BCUT2D eigenvalue weighted by atomic mass is 16.1. The van der Waals surface area contributed by atoms with Crippen LogP contribution in [-0.4, -0.2) is 5.78 Å². The molecule has 0 fully saturated rings. The van der Waals surface area contributed by atoms with Gasteiger partial charge in [-0.2, -0.15) is 0 Å². The van der Waals surface area contributed by atoms with Gasteiger partial charge in [-0.15, -0.1) is 0 Å². The van der Waals surface area contributed by atoms with Crippen LogP contribution in [0.15, 0.2) is 23.3 Å². The fourth-order valence-corrected chi connectivity index (χ4v) is 2.95. The number of benzene rings is 1. The van der Waals surface area contributed by atoms with Gasteiger partial charge in [-0.3, -0.25) is 4.79 Å². The Labute approximate surface area is 116 Å². The zero-order valence-corrected chi connectivity index (χ0v) is 12.6. The predicted molar refractivity (Wildman–Crippen MR) is 80.5 cm³/mol. The molecule has 0 radical (unpaired) electrons. The number of hydrogen-bond acceptors (Lipinski definition) is 1. The quantitative estimate of drug-likeness (QED) is 0.768. The number of aryl methyl sites for hydroxylation is 3. The van der Waals surface area contributed by atoms with Gasteiger partial charge < -0.3 is 0 Å². The van der Waals surface area contributed by atoms with E-state index in [4.69, 9.17) is 0 Å². The highest BCUT2D eigenvalue weighted by Crippen LogP contribution is 2.27. The normalized spacial score (nSPS) is 15.2. The molecule has 0 aliphatic heterocycles. The summed E-state index contributed by atoms with van der Waals surface area (Å²) in [5.41, 5.74) is 7.76. The Balaban J connectivity index is 2.03. The van der Waals surface area contributed by atoms with Crippen molar-refractivity contribution in [3.63, 3.8) is 0 Å². The first kappa shape index (κ1) is 14.0. The molecule has 2 rings (SSSR count). The summed E-state index contributed by atoms with van der Waals surface area (Å²) in [6.07, 6.45) is 4.81. The summed E-state index contributed by atoms with van der Waals surface area (Å²) in [4.78, 5) is 12.2. The Morgan fingerprint density at radius 1 is 1.05 bits per heavy atom. The maximum Gasteiger partial charge on any atom is 0.159 e. The third-order valence-corrected chi connectivity index (χ3v) is 4.46. The predicted octanol–water partition coefficient (Wildman–Crippen LogP) is 4.61. The van der Waals surface area contributed by atoms with Crippen LogP contribution in [0.4, 0.5) is 0 Å². The Hall–Kier alpha value is -1.37. The van der Waals surface area contributed by atoms with Crippen LogP contribution in [-0.2, 0) is 11.2 Å². The molecule has 0 N–H and O–H groups in total. The topological polar surface area (TPSA) is 17.1 Å². The lowest BCUT2D eigenvalue weighted by Crippen LogP contribution is -2.04. The van der Waals surface area contributed by atoms with Crippen molar-refractivity contribution in [2.75, 3.05) is 0 Å². The molecule has 1 aliphatic carbocycles. The molecule has 102 valence electrons. The van der Waals surface area contributed by atoms with Crippen molar-refractivity contribution in [1.82, 2.24) is 0 Å². The van der Waals surface area contributed by atoms with Crippen molar-refractivity contribution in [3.8, 4) is 0 Å². The largest absolute Gasteiger partial charge is 0.295 e. The summed E-state index contributed by atoms with van der Waals surface area (Å²) in [7, 11) is 0. The van der Waals surface area contributed by atoms with Gasteiger partial charge in [-0.25, -0.2) is 0 Å². The second-order valence-electron chi connectivity index (χ2n) is 5.89. The van der Waals surface area contributed by atoms with Crippen LogP contribution in [0.5, 0.6) is 0 Å². The van der Waals surface area contributed by atoms with E-state index in [0.29, 0.717) is 12.2 Å². The minimum absolute atomic E-state index is 0.367. The van der Waals surface area contributed by atoms with E-state index in [1.54, 1.807) is 0 Å². The molecule has 0 atom stereocenters. The van der Waals surface area contributed by atoms with E-state index >= 15 is 0 Å². The Morgan fingerprint density at radius 3 is 2.21 bits per heavy atom. The van der Waals surface area contributed by atoms with Crippen molar-refractivity contribution >= 4 is 5.78 Å². The van der Waals surface area contributed by atoms with Crippen molar-refractivity contribution in [2.45, 2.75) is 59.8 Å². The molecule has 0 bridgehead atoms. The second kappa shape index (κ2) is 5.73. The van der Waals surface area contributed by atoms with Crippen molar-refractivity contribution in [3.05, 3.63) is 45.5 Å². The summed E-state index contributed by atoms with van der Waals surface area (Å²) in [6, 6.07) is 4.46. The number of hydrogen-bond donors (Lipinski definition) is 0. The van der Waals surface area contributed by atoms with E-state index in [1.165, 1.54) is 27.8 Å². The van der Waals surface area contributed by atoms with Gasteiger partial charge in [0.25, 0.3) is 0 Å². The van der Waals surface area contributed by atoms with Gasteiger partial charge in [-0.05, 0) is 81.2 Å². The molecule has 0 spiro atoms. The summed E-state index contributed by atoms with van der Waals surface area (Å²) >= 11 is 0. The molecular formula is C18H24O. The molecule has 1 heteroatoms. The summed E-state index contributed by atoms with van der Waals surface area (Å²) in [5, 5.41) is 0. The number of ketones is 1. The van der Waals surface area contributed by atoms with E-state index in [-0.39, 0.29) is 0 Å². The van der Waals surface area contributed by atoms with Crippen LogP contribution in [0.3, 0.4) is 0 Å². The van der Waals surface area contributed by atoms with Gasteiger partial charge in [-0.1, -0.05) is 17.7 Å². The first-order valence-corrected chi connectivity index (χ1v) is 7.27. The Kier molecular flexibility index (Phi) is 4.24.